The lowest BCUT2D eigenvalue weighted by Crippen LogP contribution is -2.00. The fourth-order valence-corrected chi connectivity index (χ4v) is 3.27. The van der Waals surface area contributed by atoms with E-state index in [0.717, 1.165) is 21.6 Å². The molecule has 2 rings (SSSR count). The van der Waals surface area contributed by atoms with Gasteiger partial charge < -0.3 is 9.67 Å². The van der Waals surface area contributed by atoms with Crippen LogP contribution in [0.3, 0.4) is 0 Å². The van der Waals surface area contributed by atoms with Crippen molar-refractivity contribution in [3.05, 3.63) is 46.5 Å². The highest BCUT2D eigenvalue weighted by molar-refractivity contribution is 9.10. The van der Waals surface area contributed by atoms with Crippen LogP contribution in [0.1, 0.15) is 23.0 Å². The van der Waals surface area contributed by atoms with E-state index in [0.29, 0.717) is 11.3 Å². The summed E-state index contributed by atoms with van der Waals surface area (Å²) in [6.07, 6.45) is 3.60. The number of aryl methyl sites for hydroxylation is 1. The number of benzene rings is 1. The zero-order valence-electron chi connectivity index (χ0n) is 10.3. The highest BCUT2D eigenvalue weighted by Crippen LogP contribution is 2.29. The van der Waals surface area contributed by atoms with E-state index in [-0.39, 0.29) is 0 Å². The largest absolute Gasteiger partial charge is 0.478 e. The lowest BCUT2D eigenvalue weighted by Gasteiger charge is -2.08. The van der Waals surface area contributed by atoms with Gasteiger partial charge in [-0.2, -0.15) is 0 Å². The number of carboxylic acids is 1. The Hall–Kier alpha value is -1.27. The molecule has 2 aromatic rings. The van der Waals surface area contributed by atoms with E-state index in [1.165, 1.54) is 11.8 Å². The Morgan fingerprint density at radius 1 is 1.53 bits per heavy atom. The first-order valence-electron chi connectivity index (χ1n) is 5.76. The van der Waals surface area contributed by atoms with Gasteiger partial charge in [0.2, 0.25) is 0 Å². The topological polar surface area (TPSA) is 55.1 Å². The Morgan fingerprint density at radius 3 is 3.00 bits per heavy atom. The first-order valence-corrected chi connectivity index (χ1v) is 7.54. The maximum atomic E-state index is 11.2. The molecule has 0 saturated heterocycles. The van der Waals surface area contributed by atoms with Gasteiger partial charge in [0.15, 0.2) is 0 Å². The number of halogens is 1. The van der Waals surface area contributed by atoms with Gasteiger partial charge in [0.05, 0.1) is 11.9 Å². The number of imidazole rings is 1. The average Bonchev–Trinajstić information content (AvgIpc) is 2.83. The number of carboxylic acid groups (broad SMARTS) is 1. The number of carbonyl (C=O) groups is 1. The maximum Gasteiger partial charge on any atom is 0.336 e. The third-order valence-corrected chi connectivity index (χ3v) is 4.27. The SMILES string of the molecule is CCn1cncc1CSc1cc(Br)ccc1C(=O)O. The number of rotatable bonds is 5. The number of aromatic carboxylic acids is 1. The lowest BCUT2D eigenvalue weighted by atomic mass is 10.2. The zero-order chi connectivity index (χ0) is 13.8. The molecule has 6 heteroatoms. The Labute approximate surface area is 124 Å². The van der Waals surface area contributed by atoms with E-state index in [1.54, 1.807) is 18.5 Å². The first-order chi connectivity index (χ1) is 9.11. The molecule has 0 spiro atoms. The molecule has 0 bridgehead atoms. The quantitative estimate of drug-likeness (QED) is 0.844. The Morgan fingerprint density at radius 2 is 2.32 bits per heavy atom. The minimum absolute atomic E-state index is 0.329. The molecule has 0 aliphatic heterocycles. The summed E-state index contributed by atoms with van der Waals surface area (Å²) in [6, 6.07) is 5.19. The molecular formula is C13H13BrN2O2S. The molecular weight excluding hydrogens is 328 g/mol. The van der Waals surface area contributed by atoms with Crippen LogP contribution in [0.2, 0.25) is 0 Å². The third kappa shape index (κ3) is 3.39. The van der Waals surface area contributed by atoms with Crippen molar-refractivity contribution in [2.45, 2.75) is 24.1 Å². The van der Waals surface area contributed by atoms with Gasteiger partial charge in [-0.15, -0.1) is 11.8 Å². The van der Waals surface area contributed by atoms with Crippen LogP contribution in [0.25, 0.3) is 0 Å². The van der Waals surface area contributed by atoms with Crippen LogP contribution in [-0.4, -0.2) is 20.6 Å². The third-order valence-electron chi connectivity index (χ3n) is 2.69. The van der Waals surface area contributed by atoms with Crippen LogP contribution in [-0.2, 0) is 12.3 Å². The number of thioether (sulfide) groups is 1. The molecule has 0 atom stereocenters. The molecule has 100 valence electrons. The molecule has 0 fully saturated rings. The van der Waals surface area contributed by atoms with E-state index in [2.05, 4.69) is 27.8 Å². The van der Waals surface area contributed by atoms with Gasteiger partial charge in [-0.1, -0.05) is 15.9 Å². The second kappa shape index (κ2) is 6.25. The molecule has 1 aromatic carbocycles. The molecule has 0 unspecified atom stereocenters. The van der Waals surface area contributed by atoms with Gasteiger partial charge in [0.25, 0.3) is 0 Å². The highest BCUT2D eigenvalue weighted by atomic mass is 79.9. The molecule has 0 aliphatic rings. The summed E-state index contributed by atoms with van der Waals surface area (Å²) in [4.78, 5) is 16.0. The van der Waals surface area contributed by atoms with Crippen LogP contribution >= 0.6 is 27.7 Å². The van der Waals surface area contributed by atoms with E-state index < -0.39 is 5.97 Å². The molecule has 1 aromatic heterocycles. The van der Waals surface area contributed by atoms with Crippen molar-refractivity contribution in [3.63, 3.8) is 0 Å². The van der Waals surface area contributed by atoms with Crippen molar-refractivity contribution < 1.29 is 9.90 Å². The molecule has 4 nitrogen and oxygen atoms in total. The van der Waals surface area contributed by atoms with Gasteiger partial charge in [-0.3, -0.25) is 0 Å². The predicted molar refractivity (Wildman–Crippen MR) is 78.6 cm³/mol. The van der Waals surface area contributed by atoms with Crippen molar-refractivity contribution in [2.75, 3.05) is 0 Å². The van der Waals surface area contributed by atoms with Crippen molar-refractivity contribution in [1.29, 1.82) is 0 Å². The van der Waals surface area contributed by atoms with Gasteiger partial charge in [-0.25, -0.2) is 9.78 Å². The summed E-state index contributed by atoms with van der Waals surface area (Å²) in [5.41, 5.74) is 1.42. The fourth-order valence-electron chi connectivity index (χ4n) is 1.70. The summed E-state index contributed by atoms with van der Waals surface area (Å²) >= 11 is 4.87. The highest BCUT2D eigenvalue weighted by Gasteiger charge is 2.12. The lowest BCUT2D eigenvalue weighted by molar-refractivity contribution is 0.0693. The summed E-state index contributed by atoms with van der Waals surface area (Å²) < 4.78 is 2.93. The average molecular weight is 341 g/mol. The van der Waals surface area contributed by atoms with Crippen LogP contribution in [0.5, 0.6) is 0 Å². The molecule has 19 heavy (non-hydrogen) atoms. The number of hydrogen-bond donors (Lipinski definition) is 1. The van der Waals surface area contributed by atoms with E-state index in [9.17, 15) is 4.79 Å². The molecule has 0 radical (unpaired) electrons. The number of aromatic nitrogens is 2. The van der Waals surface area contributed by atoms with E-state index in [1.807, 2.05) is 16.8 Å². The number of hydrogen-bond acceptors (Lipinski definition) is 3. The van der Waals surface area contributed by atoms with Gasteiger partial charge >= 0.3 is 5.97 Å². The zero-order valence-corrected chi connectivity index (χ0v) is 12.7. The molecule has 0 amide bonds. The van der Waals surface area contributed by atoms with Crippen LogP contribution in [0, 0.1) is 0 Å². The van der Waals surface area contributed by atoms with Crippen molar-refractivity contribution in [2.24, 2.45) is 0 Å². The summed E-state index contributed by atoms with van der Waals surface area (Å²) in [5, 5.41) is 9.17. The standard InChI is InChI=1S/C13H13BrN2O2S/c1-2-16-8-15-6-10(16)7-19-12-5-9(14)3-4-11(12)13(17)18/h3-6,8H,2,7H2,1H3,(H,17,18). The molecule has 0 saturated carbocycles. The van der Waals surface area contributed by atoms with E-state index in [4.69, 9.17) is 5.11 Å². The van der Waals surface area contributed by atoms with Crippen LogP contribution in [0.4, 0.5) is 0 Å². The number of nitrogens with zero attached hydrogens (tertiary/aromatic N) is 2. The predicted octanol–water partition coefficient (Wildman–Crippen LogP) is 3.66. The smallest absolute Gasteiger partial charge is 0.336 e. The second-order valence-corrected chi connectivity index (χ2v) is 5.84. The summed E-state index contributed by atoms with van der Waals surface area (Å²) in [6.45, 7) is 2.91. The van der Waals surface area contributed by atoms with Crippen LogP contribution in [0.15, 0.2) is 40.1 Å². The van der Waals surface area contributed by atoms with Crippen molar-refractivity contribution in [1.82, 2.24) is 9.55 Å². The maximum absolute atomic E-state index is 11.2. The van der Waals surface area contributed by atoms with Crippen molar-refractivity contribution >= 4 is 33.7 Å². The first kappa shape index (κ1) is 14.1. The van der Waals surface area contributed by atoms with Gasteiger partial charge in [0.1, 0.15) is 0 Å². The molecule has 0 aliphatic carbocycles. The Kier molecular flexibility index (Phi) is 4.66. The summed E-state index contributed by atoms with van der Waals surface area (Å²) in [5.74, 6) is -0.205. The second-order valence-electron chi connectivity index (χ2n) is 3.91. The Balaban J connectivity index is 2.19. The summed E-state index contributed by atoms with van der Waals surface area (Å²) in [7, 11) is 0. The monoisotopic (exact) mass is 340 g/mol. The minimum Gasteiger partial charge on any atom is -0.478 e. The van der Waals surface area contributed by atoms with E-state index >= 15 is 0 Å². The van der Waals surface area contributed by atoms with Crippen molar-refractivity contribution in [3.8, 4) is 0 Å². The fraction of sp³-hybridized carbons (Fsp3) is 0.231. The van der Waals surface area contributed by atoms with Gasteiger partial charge in [0, 0.05) is 33.6 Å². The minimum atomic E-state index is -0.904. The van der Waals surface area contributed by atoms with Crippen LogP contribution < -0.4 is 0 Å². The van der Waals surface area contributed by atoms with Gasteiger partial charge in [-0.05, 0) is 25.1 Å². The molecule has 1 N–H and O–H groups in total. The Bertz CT molecular complexity index is 598. The molecule has 1 heterocycles. The normalized spacial score (nSPS) is 10.6.